The van der Waals surface area contributed by atoms with E-state index in [9.17, 15) is 20.1 Å². The van der Waals surface area contributed by atoms with Crippen molar-refractivity contribution in [3.05, 3.63) is 0 Å². The van der Waals surface area contributed by atoms with Crippen molar-refractivity contribution < 1.29 is 20.1 Å². The summed E-state index contributed by atoms with van der Waals surface area (Å²) in [5, 5.41) is 33.6. The molecule has 1 saturated heterocycles. The van der Waals surface area contributed by atoms with Crippen molar-refractivity contribution in [2.45, 2.75) is 32.2 Å². The molecule has 0 aromatic rings. The summed E-state index contributed by atoms with van der Waals surface area (Å²) in [6.45, 7) is 3.99. The lowest BCUT2D eigenvalue weighted by Gasteiger charge is -2.39. The maximum atomic E-state index is 12.4. The lowest BCUT2D eigenvalue weighted by Crippen LogP contribution is -2.61. The van der Waals surface area contributed by atoms with Crippen LogP contribution in [0.4, 0.5) is 0 Å². The zero-order chi connectivity index (χ0) is 14.5. The Bertz CT molecular complexity index is 289. The minimum absolute atomic E-state index is 0.204. The molecule has 1 aliphatic rings. The number of aliphatic hydroxyl groups excluding tert-OH is 3. The van der Waals surface area contributed by atoms with E-state index in [1.54, 1.807) is 0 Å². The summed E-state index contributed by atoms with van der Waals surface area (Å²) in [5.41, 5.74) is -1.96. The van der Waals surface area contributed by atoms with Crippen LogP contribution in [0.2, 0.25) is 0 Å². The topological polar surface area (TPSA) is 102 Å². The van der Waals surface area contributed by atoms with Crippen LogP contribution in [0.15, 0.2) is 0 Å². The van der Waals surface area contributed by atoms with Gasteiger partial charge in [0.1, 0.15) is 5.54 Å². The van der Waals surface area contributed by atoms with Gasteiger partial charge in [-0.05, 0) is 31.8 Å². The van der Waals surface area contributed by atoms with E-state index in [0.29, 0.717) is 0 Å². The van der Waals surface area contributed by atoms with Gasteiger partial charge in [0.05, 0.1) is 19.8 Å². The molecule has 0 aromatic carbocycles. The second-order valence-electron chi connectivity index (χ2n) is 5.97. The van der Waals surface area contributed by atoms with E-state index in [-0.39, 0.29) is 11.8 Å². The largest absolute Gasteiger partial charge is 0.394 e. The van der Waals surface area contributed by atoms with Gasteiger partial charge in [-0.3, -0.25) is 4.79 Å². The van der Waals surface area contributed by atoms with Crippen molar-refractivity contribution in [2.24, 2.45) is 11.3 Å². The Labute approximate surface area is 114 Å². The lowest BCUT2D eigenvalue weighted by atomic mass is 9.74. The molecular formula is C13H26N2O4. The van der Waals surface area contributed by atoms with Gasteiger partial charge in [0.15, 0.2) is 0 Å². The molecular weight excluding hydrogens is 248 g/mol. The first-order chi connectivity index (χ1) is 8.91. The van der Waals surface area contributed by atoms with Crippen molar-refractivity contribution in [3.63, 3.8) is 0 Å². The zero-order valence-electron chi connectivity index (χ0n) is 11.8. The summed E-state index contributed by atoms with van der Waals surface area (Å²) in [5.74, 6) is -0.0478. The fraction of sp³-hybridized carbons (Fsp3) is 0.923. The third-order valence-corrected chi connectivity index (χ3v) is 4.19. The zero-order valence-corrected chi connectivity index (χ0v) is 11.8. The van der Waals surface area contributed by atoms with Gasteiger partial charge < -0.3 is 26.0 Å². The third kappa shape index (κ3) is 3.66. The molecule has 19 heavy (non-hydrogen) atoms. The van der Waals surface area contributed by atoms with Crippen LogP contribution in [0.5, 0.6) is 0 Å². The lowest BCUT2D eigenvalue weighted by molar-refractivity contribution is -0.137. The number of hydrogen-bond donors (Lipinski definition) is 5. The predicted octanol–water partition coefficient (Wildman–Crippen LogP) is -1.16. The first-order valence-corrected chi connectivity index (χ1v) is 6.78. The van der Waals surface area contributed by atoms with Crippen LogP contribution in [0.1, 0.15) is 26.7 Å². The molecule has 5 N–H and O–H groups in total. The van der Waals surface area contributed by atoms with Crippen LogP contribution in [0.3, 0.4) is 0 Å². The number of carbonyl (C=O) groups excluding carboxylic acids is 1. The highest BCUT2D eigenvalue weighted by molar-refractivity contribution is 5.83. The Balaban J connectivity index is 2.74. The maximum Gasteiger partial charge on any atom is 0.226 e. The molecule has 0 bridgehead atoms. The van der Waals surface area contributed by atoms with Gasteiger partial charge in [-0.2, -0.15) is 0 Å². The number of aliphatic hydroxyl groups is 3. The Morgan fingerprint density at radius 1 is 1.26 bits per heavy atom. The molecule has 0 aliphatic carbocycles. The minimum Gasteiger partial charge on any atom is -0.394 e. The van der Waals surface area contributed by atoms with Crippen molar-refractivity contribution in [2.75, 3.05) is 32.9 Å². The van der Waals surface area contributed by atoms with E-state index in [1.165, 1.54) is 0 Å². The number of rotatable bonds is 6. The molecule has 0 radical (unpaired) electrons. The molecule has 0 saturated carbocycles. The van der Waals surface area contributed by atoms with E-state index >= 15 is 0 Å². The number of carbonyl (C=O) groups is 1. The molecule has 0 aromatic heterocycles. The fourth-order valence-corrected chi connectivity index (χ4v) is 2.32. The predicted molar refractivity (Wildman–Crippen MR) is 71.5 cm³/mol. The van der Waals surface area contributed by atoms with Crippen LogP contribution < -0.4 is 10.6 Å². The van der Waals surface area contributed by atoms with Crippen LogP contribution in [0.25, 0.3) is 0 Å². The molecule has 1 heterocycles. The van der Waals surface area contributed by atoms with Crippen molar-refractivity contribution in [1.29, 1.82) is 0 Å². The number of amides is 1. The van der Waals surface area contributed by atoms with Gasteiger partial charge in [0.25, 0.3) is 0 Å². The Hall–Kier alpha value is -0.690. The summed E-state index contributed by atoms with van der Waals surface area (Å²) in [7, 11) is 0. The van der Waals surface area contributed by atoms with Gasteiger partial charge in [0.2, 0.25) is 5.91 Å². The van der Waals surface area contributed by atoms with E-state index in [1.807, 2.05) is 13.8 Å². The summed E-state index contributed by atoms with van der Waals surface area (Å²) in [6, 6.07) is 0. The highest BCUT2D eigenvalue weighted by Gasteiger charge is 2.41. The third-order valence-electron chi connectivity index (χ3n) is 4.19. The van der Waals surface area contributed by atoms with Crippen LogP contribution in [-0.2, 0) is 4.79 Å². The van der Waals surface area contributed by atoms with Gasteiger partial charge in [-0.25, -0.2) is 0 Å². The molecule has 1 aliphatic heterocycles. The van der Waals surface area contributed by atoms with E-state index in [2.05, 4.69) is 10.6 Å². The second-order valence-corrected chi connectivity index (χ2v) is 5.97. The van der Waals surface area contributed by atoms with Gasteiger partial charge in [0, 0.05) is 5.41 Å². The monoisotopic (exact) mass is 274 g/mol. The molecule has 6 heteroatoms. The normalized spacial score (nSPS) is 21.2. The van der Waals surface area contributed by atoms with Crippen molar-refractivity contribution in [1.82, 2.24) is 10.6 Å². The quantitative estimate of drug-likeness (QED) is 0.421. The SMILES string of the molecule is CC(C)(C(=O)NC(CO)(CO)CO)C1CCCNC1. The van der Waals surface area contributed by atoms with E-state index in [0.717, 1.165) is 25.9 Å². The molecule has 112 valence electrons. The molecule has 1 fully saturated rings. The Morgan fingerprint density at radius 3 is 2.26 bits per heavy atom. The number of hydrogen-bond acceptors (Lipinski definition) is 5. The maximum absolute atomic E-state index is 12.4. The van der Waals surface area contributed by atoms with Crippen LogP contribution >= 0.6 is 0 Å². The van der Waals surface area contributed by atoms with Crippen molar-refractivity contribution in [3.8, 4) is 0 Å². The minimum atomic E-state index is -1.35. The number of nitrogens with one attached hydrogen (secondary N) is 2. The fourth-order valence-electron chi connectivity index (χ4n) is 2.32. The molecule has 1 atom stereocenters. The van der Waals surface area contributed by atoms with Crippen LogP contribution in [0, 0.1) is 11.3 Å². The highest BCUT2D eigenvalue weighted by atomic mass is 16.3. The highest BCUT2D eigenvalue weighted by Crippen LogP contribution is 2.32. The summed E-state index contributed by atoms with van der Waals surface area (Å²) in [6.07, 6.45) is 2.00. The Kier molecular flexibility index (Phi) is 5.73. The van der Waals surface area contributed by atoms with Gasteiger partial charge in [-0.15, -0.1) is 0 Å². The van der Waals surface area contributed by atoms with E-state index in [4.69, 9.17) is 0 Å². The summed E-state index contributed by atoms with van der Waals surface area (Å²) < 4.78 is 0. The average molecular weight is 274 g/mol. The molecule has 6 nitrogen and oxygen atoms in total. The molecule has 0 spiro atoms. The van der Waals surface area contributed by atoms with Gasteiger partial charge in [-0.1, -0.05) is 13.8 Å². The second kappa shape index (κ2) is 6.65. The smallest absolute Gasteiger partial charge is 0.226 e. The first-order valence-electron chi connectivity index (χ1n) is 6.78. The standard InChI is InChI=1S/C13H26N2O4/c1-12(2,10-4-3-5-14-6-10)11(19)15-13(7-16,8-17)9-18/h10,14,16-18H,3-9H2,1-2H3,(H,15,19). The molecule has 1 amide bonds. The average Bonchev–Trinajstić information content (AvgIpc) is 2.45. The summed E-state index contributed by atoms with van der Waals surface area (Å²) in [4.78, 5) is 12.4. The van der Waals surface area contributed by atoms with E-state index < -0.39 is 30.8 Å². The van der Waals surface area contributed by atoms with Crippen molar-refractivity contribution >= 4 is 5.91 Å². The molecule has 1 rings (SSSR count). The summed E-state index contributed by atoms with van der Waals surface area (Å²) >= 11 is 0. The van der Waals surface area contributed by atoms with Crippen LogP contribution in [-0.4, -0.2) is 59.7 Å². The van der Waals surface area contributed by atoms with Gasteiger partial charge >= 0.3 is 0 Å². The number of piperidine rings is 1. The first kappa shape index (κ1) is 16.4. The molecule has 1 unspecified atom stereocenters. The Morgan fingerprint density at radius 2 is 1.84 bits per heavy atom.